The lowest BCUT2D eigenvalue weighted by Gasteiger charge is -2.13. The molecule has 21 heavy (non-hydrogen) atoms. The molecular formula is C16H14Cl2N2O. The van der Waals surface area contributed by atoms with E-state index in [0.717, 1.165) is 24.0 Å². The largest absolute Gasteiger partial charge is 0.348 e. The summed E-state index contributed by atoms with van der Waals surface area (Å²) in [6, 6.07) is 7.14. The van der Waals surface area contributed by atoms with E-state index in [-0.39, 0.29) is 5.91 Å². The van der Waals surface area contributed by atoms with Crippen molar-refractivity contribution >= 4 is 29.1 Å². The molecule has 0 bridgehead atoms. The van der Waals surface area contributed by atoms with Crippen molar-refractivity contribution in [1.29, 1.82) is 0 Å². The van der Waals surface area contributed by atoms with Crippen molar-refractivity contribution in [3.05, 3.63) is 63.4 Å². The quantitative estimate of drug-likeness (QED) is 0.917. The summed E-state index contributed by atoms with van der Waals surface area (Å²) in [5.41, 5.74) is 2.65. The van der Waals surface area contributed by atoms with Gasteiger partial charge in [0.2, 0.25) is 0 Å². The van der Waals surface area contributed by atoms with Gasteiger partial charge in [-0.05, 0) is 54.2 Å². The van der Waals surface area contributed by atoms with Crippen molar-refractivity contribution in [3.63, 3.8) is 0 Å². The van der Waals surface area contributed by atoms with Crippen LogP contribution < -0.4 is 5.32 Å². The average Bonchev–Trinajstić information content (AvgIpc) is 3.31. The average molecular weight is 321 g/mol. The first kappa shape index (κ1) is 14.4. The number of halogens is 2. The molecule has 2 aromatic rings. The molecule has 1 fully saturated rings. The summed E-state index contributed by atoms with van der Waals surface area (Å²) >= 11 is 12.4. The van der Waals surface area contributed by atoms with E-state index in [9.17, 15) is 4.79 Å². The Morgan fingerprint density at radius 1 is 1.33 bits per heavy atom. The second-order valence-electron chi connectivity index (χ2n) is 5.15. The van der Waals surface area contributed by atoms with Crippen LogP contribution in [0.25, 0.3) is 0 Å². The van der Waals surface area contributed by atoms with E-state index >= 15 is 0 Å². The van der Waals surface area contributed by atoms with Gasteiger partial charge < -0.3 is 5.32 Å². The highest BCUT2D eigenvalue weighted by molar-refractivity contribution is 6.35. The van der Waals surface area contributed by atoms with E-state index in [0.29, 0.717) is 28.1 Å². The zero-order valence-corrected chi connectivity index (χ0v) is 12.8. The van der Waals surface area contributed by atoms with Gasteiger partial charge in [0, 0.05) is 29.0 Å². The standard InChI is InChI=1S/C16H14Cl2N2O/c17-12-6-13(10-3-4-10)14(15(18)7-12)9-20-16(21)11-2-1-5-19-8-11/h1-2,5-8,10H,3-4,9H2,(H,20,21). The molecule has 5 heteroatoms. The van der Waals surface area contributed by atoms with Gasteiger partial charge >= 0.3 is 0 Å². The smallest absolute Gasteiger partial charge is 0.253 e. The van der Waals surface area contributed by atoms with E-state index in [1.165, 1.54) is 0 Å². The third-order valence-electron chi connectivity index (χ3n) is 3.56. The van der Waals surface area contributed by atoms with Gasteiger partial charge in [-0.15, -0.1) is 0 Å². The molecule has 0 radical (unpaired) electrons. The Morgan fingerprint density at radius 3 is 2.81 bits per heavy atom. The van der Waals surface area contributed by atoms with Gasteiger partial charge in [0.1, 0.15) is 0 Å². The van der Waals surface area contributed by atoms with Gasteiger partial charge in [-0.2, -0.15) is 0 Å². The van der Waals surface area contributed by atoms with Crippen LogP contribution in [-0.2, 0) is 6.54 Å². The normalized spacial score (nSPS) is 14.0. The molecule has 0 unspecified atom stereocenters. The summed E-state index contributed by atoms with van der Waals surface area (Å²) < 4.78 is 0. The summed E-state index contributed by atoms with van der Waals surface area (Å²) in [6.07, 6.45) is 5.49. The van der Waals surface area contributed by atoms with Crippen molar-refractivity contribution in [2.45, 2.75) is 25.3 Å². The first-order valence-corrected chi connectivity index (χ1v) is 7.57. The van der Waals surface area contributed by atoms with Gasteiger partial charge in [0.25, 0.3) is 5.91 Å². The summed E-state index contributed by atoms with van der Waals surface area (Å²) in [5, 5.41) is 4.14. The fourth-order valence-corrected chi connectivity index (χ4v) is 2.91. The molecule has 1 aliphatic carbocycles. The van der Waals surface area contributed by atoms with E-state index in [1.807, 2.05) is 6.07 Å². The summed E-state index contributed by atoms with van der Waals surface area (Å²) in [4.78, 5) is 16.0. The number of carbonyl (C=O) groups is 1. The van der Waals surface area contributed by atoms with Gasteiger partial charge in [0.05, 0.1) is 5.56 Å². The Bertz CT molecular complexity index is 669. The molecule has 1 aromatic carbocycles. The molecule has 1 aliphatic rings. The number of pyridine rings is 1. The Labute approximate surface area is 133 Å². The van der Waals surface area contributed by atoms with Gasteiger partial charge in [-0.1, -0.05) is 23.2 Å². The number of hydrogen-bond donors (Lipinski definition) is 1. The van der Waals surface area contributed by atoms with Crippen molar-refractivity contribution in [2.75, 3.05) is 0 Å². The molecule has 108 valence electrons. The van der Waals surface area contributed by atoms with Crippen LogP contribution in [0.3, 0.4) is 0 Å². The lowest BCUT2D eigenvalue weighted by Crippen LogP contribution is -2.23. The third kappa shape index (κ3) is 3.36. The molecule has 3 nitrogen and oxygen atoms in total. The van der Waals surface area contributed by atoms with Gasteiger partial charge in [-0.25, -0.2) is 0 Å². The predicted octanol–water partition coefficient (Wildman–Crippen LogP) is 4.20. The topological polar surface area (TPSA) is 42.0 Å². The van der Waals surface area contributed by atoms with Crippen LogP contribution in [0.15, 0.2) is 36.7 Å². The van der Waals surface area contributed by atoms with Crippen LogP contribution in [0.5, 0.6) is 0 Å². The van der Waals surface area contributed by atoms with Crippen LogP contribution in [0, 0.1) is 0 Å². The highest BCUT2D eigenvalue weighted by Crippen LogP contribution is 2.44. The number of rotatable bonds is 4. The first-order chi connectivity index (χ1) is 10.1. The summed E-state index contributed by atoms with van der Waals surface area (Å²) in [5.74, 6) is 0.363. The minimum absolute atomic E-state index is 0.157. The zero-order valence-electron chi connectivity index (χ0n) is 11.3. The third-order valence-corrected chi connectivity index (χ3v) is 4.12. The van der Waals surface area contributed by atoms with Crippen molar-refractivity contribution in [3.8, 4) is 0 Å². The number of nitrogens with zero attached hydrogens (tertiary/aromatic N) is 1. The molecule has 0 spiro atoms. The fraction of sp³-hybridized carbons (Fsp3) is 0.250. The molecule has 1 heterocycles. The van der Waals surface area contributed by atoms with E-state index in [2.05, 4.69) is 10.3 Å². The Morgan fingerprint density at radius 2 is 2.14 bits per heavy atom. The van der Waals surface area contributed by atoms with Crippen molar-refractivity contribution < 1.29 is 4.79 Å². The number of hydrogen-bond acceptors (Lipinski definition) is 2. The van der Waals surface area contributed by atoms with Crippen LogP contribution in [-0.4, -0.2) is 10.9 Å². The second-order valence-corrected chi connectivity index (χ2v) is 6.00. The Balaban J connectivity index is 1.78. The van der Waals surface area contributed by atoms with E-state index in [4.69, 9.17) is 23.2 Å². The zero-order chi connectivity index (χ0) is 14.8. The molecule has 3 rings (SSSR count). The maximum Gasteiger partial charge on any atom is 0.253 e. The van der Waals surface area contributed by atoms with Crippen molar-refractivity contribution in [1.82, 2.24) is 10.3 Å². The number of carbonyl (C=O) groups excluding carboxylic acids is 1. The minimum atomic E-state index is -0.157. The molecule has 1 aromatic heterocycles. The lowest BCUT2D eigenvalue weighted by atomic mass is 10.0. The van der Waals surface area contributed by atoms with Gasteiger partial charge in [-0.3, -0.25) is 9.78 Å². The molecule has 1 saturated carbocycles. The van der Waals surface area contributed by atoms with Gasteiger partial charge in [0.15, 0.2) is 0 Å². The SMILES string of the molecule is O=C(NCc1c(Cl)cc(Cl)cc1C1CC1)c1cccnc1. The molecule has 1 amide bonds. The molecule has 0 saturated heterocycles. The Kier molecular flexibility index (Phi) is 4.13. The number of aromatic nitrogens is 1. The maximum absolute atomic E-state index is 12.1. The maximum atomic E-state index is 12.1. The number of nitrogens with one attached hydrogen (secondary N) is 1. The predicted molar refractivity (Wildman–Crippen MR) is 83.8 cm³/mol. The molecular weight excluding hydrogens is 307 g/mol. The van der Waals surface area contributed by atoms with E-state index in [1.54, 1.807) is 30.6 Å². The highest BCUT2D eigenvalue weighted by Gasteiger charge is 2.27. The molecule has 1 N–H and O–H groups in total. The highest BCUT2D eigenvalue weighted by atomic mass is 35.5. The van der Waals surface area contributed by atoms with Crippen LogP contribution in [0.4, 0.5) is 0 Å². The molecule has 0 aliphatic heterocycles. The molecule has 0 atom stereocenters. The van der Waals surface area contributed by atoms with Crippen LogP contribution >= 0.6 is 23.2 Å². The first-order valence-electron chi connectivity index (χ1n) is 6.81. The van der Waals surface area contributed by atoms with E-state index < -0.39 is 0 Å². The van der Waals surface area contributed by atoms with Crippen LogP contribution in [0.2, 0.25) is 10.0 Å². The minimum Gasteiger partial charge on any atom is -0.348 e. The second kappa shape index (κ2) is 6.04. The number of benzene rings is 1. The summed E-state index contributed by atoms with van der Waals surface area (Å²) in [6.45, 7) is 0.398. The number of amides is 1. The summed E-state index contributed by atoms with van der Waals surface area (Å²) in [7, 11) is 0. The fourth-order valence-electron chi connectivity index (χ4n) is 2.34. The monoisotopic (exact) mass is 320 g/mol. The Hall–Kier alpha value is -1.58. The lowest BCUT2D eigenvalue weighted by molar-refractivity contribution is 0.0950. The van der Waals surface area contributed by atoms with Crippen molar-refractivity contribution in [2.24, 2.45) is 0 Å². The van der Waals surface area contributed by atoms with Crippen LogP contribution in [0.1, 0.15) is 40.2 Å².